The van der Waals surface area contributed by atoms with Gasteiger partial charge in [-0.25, -0.2) is 4.39 Å². The fourth-order valence-corrected chi connectivity index (χ4v) is 3.78. The first-order valence-corrected chi connectivity index (χ1v) is 7.75. The van der Waals surface area contributed by atoms with Gasteiger partial charge in [-0.15, -0.1) is 11.3 Å². The fraction of sp³-hybridized carbons (Fsp3) is 0.400. The molecule has 2 aromatic rings. The van der Waals surface area contributed by atoms with Crippen LogP contribution < -0.4 is 0 Å². The van der Waals surface area contributed by atoms with Crippen molar-refractivity contribution < 1.29 is 22.4 Å². The van der Waals surface area contributed by atoms with E-state index in [1.54, 1.807) is 0 Å². The van der Waals surface area contributed by atoms with Gasteiger partial charge in [0.1, 0.15) is 11.9 Å². The number of rotatable bonds is 1. The molecule has 0 aliphatic carbocycles. The number of fused-ring (bicyclic) bond motifs is 1. The predicted molar refractivity (Wildman–Crippen MR) is 76.5 cm³/mol. The Morgan fingerprint density at radius 3 is 2.73 bits per heavy atom. The van der Waals surface area contributed by atoms with E-state index in [-0.39, 0.29) is 17.8 Å². The van der Waals surface area contributed by atoms with Crippen LogP contribution in [0, 0.1) is 5.82 Å². The molecule has 1 aromatic carbocycles. The van der Waals surface area contributed by atoms with Gasteiger partial charge in [0.15, 0.2) is 0 Å². The van der Waals surface area contributed by atoms with Crippen LogP contribution in [0.1, 0.15) is 28.9 Å². The predicted octanol–water partition coefficient (Wildman–Crippen LogP) is 4.60. The second kappa shape index (κ2) is 5.53. The smallest absolute Gasteiger partial charge is 0.326 e. The zero-order valence-corrected chi connectivity index (χ0v) is 12.3. The lowest BCUT2D eigenvalue weighted by atomic mass is 10.0. The molecule has 0 bridgehead atoms. The van der Waals surface area contributed by atoms with Gasteiger partial charge in [0.05, 0.1) is 4.88 Å². The van der Waals surface area contributed by atoms with Crippen LogP contribution in [0.2, 0.25) is 0 Å². The Kier molecular flexibility index (Phi) is 3.84. The van der Waals surface area contributed by atoms with Crippen LogP contribution in [-0.4, -0.2) is 29.6 Å². The monoisotopic (exact) mass is 331 g/mol. The molecule has 2 nitrogen and oxygen atoms in total. The number of likely N-dealkylation sites (tertiary alicyclic amines) is 1. The summed E-state index contributed by atoms with van der Waals surface area (Å²) in [5.41, 5.74) is 0. The summed E-state index contributed by atoms with van der Waals surface area (Å²) in [6.07, 6.45) is -3.45. The number of alkyl halides is 3. The molecule has 0 N–H and O–H groups in total. The SMILES string of the molecule is O=C(c1cc2cc(F)ccc2s1)N1CCCCC1C(F)(F)F. The molecular formula is C15H13F4NOS. The quantitative estimate of drug-likeness (QED) is 0.700. The number of carbonyl (C=O) groups is 1. The number of hydrogen-bond donors (Lipinski definition) is 0. The molecule has 0 radical (unpaired) electrons. The third-order valence-electron chi connectivity index (χ3n) is 3.83. The van der Waals surface area contributed by atoms with Crippen LogP contribution in [0.3, 0.4) is 0 Å². The lowest BCUT2D eigenvalue weighted by molar-refractivity contribution is -0.183. The molecule has 22 heavy (non-hydrogen) atoms. The number of amides is 1. The normalized spacial score (nSPS) is 19.6. The van der Waals surface area contributed by atoms with Gasteiger partial charge in [-0.2, -0.15) is 13.2 Å². The average molecular weight is 331 g/mol. The lowest BCUT2D eigenvalue weighted by Crippen LogP contribution is -2.51. The van der Waals surface area contributed by atoms with E-state index in [9.17, 15) is 22.4 Å². The molecule has 1 aliphatic heterocycles. The van der Waals surface area contributed by atoms with Gasteiger partial charge in [0.2, 0.25) is 0 Å². The highest BCUT2D eigenvalue weighted by Crippen LogP contribution is 2.34. The largest absolute Gasteiger partial charge is 0.408 e. The molecule has 118 valence electrons. The number of nitrogens with zero attached hydrogens (tertiary/aromatic N) is 1. The molecule has 1 unspecified atom stereocenters. The molecule has 2 heterocycles. The van der Waals surface area contributed by atoms with E-state index in [0.29, 0.717) is 22.9 Å². The van der Waals surface area contributed by atoms with Crippen molar-refractivity contribution in [3.05, 3.63) is 35.0 Å². The van der Waals surface area contributed by atoms with Crippen LogP contribution >= 0.6 is 11.3 Å². The van der Waals surface area contributed by atoms with E-state index >= 15 is 0 Å². The van der Waals surface area contributed by atoms with E-state index in [1.807, 2.05) is 0 Å². The molecule has 1 aromatic heterocycles. The van der Waals surface area contributed by atoms with E-state index in [2.05, 4.69) is 0 Å². The van der Waals surface area contributed by atoms with Crippen molar-refractivity contribution in [1.82, 2.24) is 4.90 Å². The summed E-state index contributed by atoms with van der Waals surface area (Å²) in [5, 5.41) is 0.536. The fourth-order valence-electron chi connectivity index (χ4n) is 2.78. The van der Waals surface area contributed by atoms with Crippen LogP contribution in [0.4, 0.5) is 17.6 Å². The van der Waals surface area contributed by atoms with Gasteiger partial charge in [0.25, 0.3) is 5.91 Å². The summed E-state index contributed by atoms with van der Waals surface area (Å²) in [4.78, 5) is 13.6. The molecule has 1 atom stereocenters. The Balaban J connectivity index is 1.93. The molecule has 0 saturated carbocycles. The third-order valence-corrected chi connectivity index (χ3v) is 4.93. The molecule has 1 saturated heterocycles. The average Bonchev–Trinajstić information content (AvgIpc) is 2.88. The number of thiophene rings is 1. The van der Waals surface area contributed by atoms with Crippen molar-refractivity contribution >= 4 is 27.3 Å². The van der Waals surface area contributed by atoms with Crippen LogP contribution in [0.15, 0.2) is 24.3 Å². The topological polar surface area (TPSA) is 20.3 Å². The van der Waals surface area contributed by atoms with E-state index in [0.717, 1.165) is 16.2 Å². The molecule has 3 rings (SSSR count). The molecule has 7 heteroatoms. The molecule has 0 spiro atoms. The Bertz CT molecular complexity index is 709. The Labute approximate surface area is 128 Å². The summed E-state index contributed by atoms with van der Waals surface area (Å²) in [6.45, 7) is 0.103. The minimum atomic E-state index is -4.42. The minimum absolute atomic E-state index is 0.0608. The number of hydrogen-bond acceptors (Lipinski definition) is 2. The Hall–Kier alpha value is -1.63. The van der Waals surface area contributed by atoms with E-state index in [1.165, 1.54) is 24.3 Å². The first kappa shape index (κ1) is 15.3. The highest BCUT2D eigenvalue weighted by Gasteiger charge is 2.46. The Morgan fingerprint density at radius 1 is 1.23 bits per heavy atom. The van der Waals surface area contributed by atoms with Gasteiger partial charge in [-0.3, -0.25) is 4.79 Å². The second-order valence-electron chi connectivity index (χ2n) is 5.34. The lowest BCUT2D eigenvalue weighted by Gasteiger charge is -2.36. The Morgan fingerprint density at radius 2 is 2.00 bits per heavy atom. The highest BCUT2D eigenvalue weighted by molar-refractivity contribution is 7.20. The number of carbonyl (C=O) groups excluding carboxylic acids is 1. The van der Waals surface area contributed by atoms with Crippen LogP contribution in [0.5, 0.6) is 0 Å². The zero-order chi connectivity index (χ0) is 15.9. The number of halogens is 4. The van der Waals surface area contributed by atoms with Crippen molar-refractivity contribution in [3.8, 4) is 0 Å². The summed E-state index contributed by atoms with van der Waals surface area (Å²) in [6, 6.07) is 3.82. The standard InChI is InChI=1S/C15H13F4NOS/c16-10-4-5-11-9(7-10)8-12(22-11)14(21)20-6-2-1-3-13(20)15(17,18)19/h4-5,7-8,13H,1-3,6H2. The zero-order valence-electron chi connectivity index (χ0n) is 11.5. The van der Waals surface area contributed by atoms with Gasteiger partial charge < -0.3 is 4.90 Å². The number of benzene rings is 1. The molecule has 1 fully saturated rings. The molecular weight excluding hydrogens is 318 g/mol. The van der Waals surface area contributed by atoms with Crippen molar-refractivity contribution in [2.24, 2.45) is 0 Å². The van der Waals surface area contributed by atoms with E-state index in [4.69, 9.17) is 0 Å². The van der Waals surface area contributed by atoms with Gasteiger partial charge >= 0.3 is 6.18 Å². The number of piperidine rings is 1. The second-order valence-corrected chi connectivity index (χ2v) is 6.43. The highest BCUT2D eigenvalue weighted by atomic mass is 32.1. The van der Waals surface area contributed by atoms with Crippen molar-refractivity contribution in [1.29, 1.82) is 0 Å². The van der Waals surface area contributed by atoms with Crippen LogP contribution in [-0.2, 0) is 0 Å². The first-order valence-electron chi connectivity index (χ1n) is 6.93. The van der Waals surface area contributed by atoms with Gasteiger partial charge in [-0.1, -0.05) is 0 Å². The first-order chi connectivity index (χ1) is 10.4. The van der Waals surface area contributed by atoms with Gasteiger partial charge in [-0.05, 0) is 48.9 Å². The van der Waals surface area contributed by atoms with Crippen molar-refractivity contribution in [2.75, 3.05) is 6.54 Å². The minimum Gasteiger partial charge on any atom is -0.326 e. The van der Waals surface area contributed by atoms with Crippen LogP contribution in [0.25, 0.3) is 10.1 Å². The van der Waals surface area contributed by atoms with Crippen molar-refractivity contribution in [2.45, 2.75) is 31.5 Å². The molecule has 1 amide bonds. The summed E-state index contributed by atoms with van der Waals surface area (Å²) in [7, 11) is 0. The third kappa shape index (κ3) is 2.82. The maximum absolute atomic E-state index is 13.2. The maximum atomic E-state index is 13.2. The van der Waals surface area contributed by atoms with E-state index < -0.39 is 23.9 Å². The van der Waals surface area contributed by atoms with Crippen molar-refractivity contribution in [3.63, 3.8) is 0 Å². The summed E-state index contributed by atoms with van der Waals surface area (Å²) >= 11 is 1.10. The summed E-state index contributed by atoms with van der Waals surface area (Å²) < 4.78 is 53.1. The maximum Gasteiger partial charge on any atom is 0.408 e. The summed E-state index contributed by atoms with van der Waals surface area (Å²) in [5.74, 6) is -1.06. The van der Waals surface area contributed by atoms with Gasteiger partial charge in [0, 0.05) is 11.2 Å². The molecule has 1 aliphatic rings.